The zero-order valence-electron chi connectivity index (χ0n) is 9.54. The van der Waals surface area contributed by atoms with Gasteiger partial charge in [-0.25, -0.2) is 0 Å². The molecular formula is C12H17NO3S. The van der Waals surface area contributed by atoms with E-state index in [2.05, 4.69) is 0 Å². The van der Waals surface area contributed by atoms with Gasteiger partial charge in [0.2, 0.25) is 0 Å². The SMILES string of the molecule is NC(CSCCCOc1ccccc1)C(=O)O. The molecule has 0 saturated carbocycles. The highest BCUT2D eigenvalue weighted by atomic mass is 32.2. The Morgan fingerprint density at radius 2 is 2.12 bits per heavy atom. The van der Waals surface area contributed by atoms with E-state index in [1.165, 1.54) is 11.8 Å². The molecule has 1 unspecified atom stereocenters. The number of carbonyl (C=O) groups is 1. The number of para-hydroxylation sites is 1. The molecule has 0 radical (unpaired) electrons. The number of benzene rings is 1. The van der Waals surface area contributed by atoms with Crippen LogP contribution in [0.1, 0.15) is 6.42 Å². The molecule has 0 aliphatic heterocycles. The molecule has 0 aromatic heterocycles. The summed E-state index contributed by atoms with van der Waals surface area (Å²) in [6.45, 7) is 0.638. The Balaban J connectivity index is 2.00. The van der Waals surface area contributed by atoms with Crippen molar-refractivity contribution in [3.8, 4) is 5.75 Å². The van der Waals surface area contributed by atoms with Gasteiger partial charge in [0.25, 0.3) is 0 Å². The van der Waals surface area contributed by atoms with Gasteiger partial charge in [-0.15, -0.1) is 0 Å². The predicted molar refractivity (Wildman–Crippen MR) is 69.5 cm³/mol. The molecule has 1 rings (SSSR count). The van der Waals surface area contributed by atoms with E-state index in [4.69, 9.17) is 15.6 Å². The first kappa shape index (κ1) is 13.9. The summed E-state index contributed by atoms with van der Waals surface area (Å²) in [6.07, 6.45) is 0.881. The van der Waals surface area contributed by atoms with E-state index in [0.717, 1.165) is 17.9 Å². The standard InChI is InChI=1S/C12H17NO3S/c13-11(12(14)15)9-17-8-4-7-16-10-5-2-1-3-6-10/h1-3,5-6,11H,4,7-9,13H2,(H,14,15). The van der Waals surface area contributed by atoms with Crippen LogP contribution in [0.3, 0.4) is 0 Å². The maximum Gasteiger partial charge on any atom is 0.321 e. The Bertz CT molecular complexity index is 332. The largest absolute Gasteiger partial charge is 0.494 e. The molecule has 4 nitrogen and oxygen atoms in total. The molecule has 0 spiro atoms. The molecule has 0 amide bonds. The van der Waals surface area contributed by atoms with Crippen molar-refractivity contribution in [2.24, 2.45) is 5.73 Å². The lowest BCUT2D eigenvalue weighted by molar-refractivity contribution is -0.137. The highest BCUT2D eigenvalue weighted by Crippen LogP contribution is 2.10. The van der Waals surface area contributed by atoms with Gasteiger partial charge in [0.15, 0.2) is 0 Å². The Morgan fingerprint density at radius 1 is 1.41 bits per heavy atom. The average molecular weight is 255 g/mol. The summed E-state index contributed by atoms with van der Waals surface area (Å²) >= 11 is 1.54. The van der Waals surface area contributed by atoms with Crippen molar-refractivity contribution in [1.29, 1.82) is 0 Å². The molecule has 1 aromatic rings. The van der Waals surface area contributed by atoms with Gasteiger partial charge in [-0.05, 0) is 24.3 Å². The molecule has 0 bridgehead atoms. The molecule has 0 heterocycles. The Hall–Kier alpha value is -1.20. The summed E-state index contributed by atoms with van der Waals surface area (Å²) in [7, 11) is 0. The zero-order valence-corrected chi connectivity index (χ0v) is 10.4. The van der Waals surface area contributed by atoms with E-state index in [9.17, 15) is 4.79 Å². The zero-order chi connectivity index (χ0) is 12.5. The summed E-state index contributed by atoms with van der Waals surface area (Å²) in [5.74, 6) is 1.21. The van der Waals surface area contributed by atoms with Crippen LogP contribution in [-0.4, -0.2) is 35.2 Å². The van der Waals surface area contributed by atoms with E-state index < -0.39 is 12.0 Å². The lowest BCUT2D eigenvalue weighted by Gasteiger charge is -2.07. The summed E-state index contributed by atoms with van der Waals surface area (Å²) in [4.78, 5) is 10.4. The molecular weight excluding hydrogens is 238 g/mol. The van der Waals surface area contributed by atoms with E-state index in [0.29, 0.717) is 12.4 Å². The highest BCUT2D eigenvalue weighted by Gasteiger charge is 2.10. The molecule has 17 heavy (non-hydrogen) atoms. The van der Waals surface area contributed by atoms with E-state index >= 15 is 0 Å². The second-order valence-electron chi connectivity index (χ2n) is 3.53. The van der Waals surface area contributed by atoms with Crippen LogP contribution in [0, 0.1) is 0 Å². The number of hydrogen-bond donors (Lipinski definition) is 2. The van der Waals surface area contributed by atoms with Gasteiger partial charge in [0, 0.05) is 5.75 Å². The van der Waals surface area contributed by atoms with E-state index in [1.807, 2.05) is 30.3 Å². The third-order valence-electron chi connectivity index (χ3n) is 2.06. The molecule has 1 aromatic carbocycles. The number of aliphatic carboxylic acids is 1. The van der Waals surface area contributed by atoms with Crippen LogP contribution in [0.4, 0.5) is 0 Å². The maximum atomic E-state index is 10.4. The molecule has 0 aliphatic carbocycles. The monoisotopic (exact) mass is 255 g/mol. The quantitative estimate of drug-likeness (QED) is 0.690. The van der Waals surface area contributed by atoms with Crippen molar-refractivity contribution < 1.29 is 14.6 Å². The number of ether oxygens (including phenoxy) is 1. The van der Waals surface area contributed by atoms with Crippen LogP contribution in [0.2, 0.25) is 0 Å². The van der Waals surface area contributed by atoms with Gasteiger partial charge in [0.05, 0.1) is 6.61 Å². The molecule has 5 heteroatoms. The van der Waals surface area contributed by atoms with Crippen molar-refractivity contribution in [2.45, 2.75) is 12.5 Å². The Morgan fingerprint density at radius 3 is 2.76 bits per heavy atom. The average Bonchev–Trinajstić information content (AvgIpc) is 2.34. The van der Waals surface area contributed by atoms with Crippen molar-refractivity contribution in [3.63, 3.8) is 0 Å². The summed E-state index contributed by atoms with van der Waals surface area (Å²) in [5.41, 5.74) is 5.37. The number of rotatable bonds is 8. The second kappa shape index (κ2) is 7.97. The minimum atomic E-state index is -0.946. The van der Waals surface area contributed by atoms with Crippen LogP contribution in [0.5, 0.6) is 5.75 Å². The molecule has 1 atom stereocenters. The third kappa shape index (κ3) is 6.19. The normalized spacial score (nSPS) is 12.1. The maximum absolute atomic E-state index is 10.4. The lowest BCUT2D eigenvalue weighted by atomic mass is 10.3. The fraction of sp³-hybridized carbons (Fsp3) is 0.417. The van der Waals surface area contributed by atoms with Gasteiger partial charge >= 0.3 is 5.97 Å². The van der Waals surface area contributed by atoms with Gasteiger partial charge in [-0.1, -0.05) is 18.2 Å². The first-order valence-corrected chi connectivity index (χ1v) is 6.59. The molecule has 94 valence electrons. The van der Waals surface area contributed by atoms with Crippen LogP contribution in [-0.2, 0) is 4.79 Å². The van der Waals surface area contributed by atoms with Crippen LogP contribution >= 0.6 is 11.8 Å². The predicted octanol–water partition coefficient (Wildman–Crippen LogP) is 1.60. The van der Waals surface area contributed by atoms with Crippen molar-refractivity contribution in [1.82, 2.24) is 0 Å². The van der Waals surface area contributed by atoms with Crippen molar-refractivity contribution in [3.05, 3.63) is 30.3 Å². The van der Waals surface area contributed by atoms with Gasteiger partial charge in [0.1, 0.15) is 11.8 Å². The second-order valence-corrected chi connectivity index (χ2v) is 4.68. The van der Waals surface area contributed by atoms with Crippen LogP contribution in [0.15, 0.2) is 30.3 Å². The fourth-order valence-electron chi connectivity index (χ4n) is 1.15. The first-order valence-electron chi connectivity index (χ1n) is 5.44. The minimum absolute atomic E-state index is 0.445. The molecule has 3 N–H and O–H groups in total. The molecule has 0 saturated heterocycles. The number of nitrogens with two attached hydrogens (primary N) is 1. The topological polar surface area (TPSA) is 72.5 Å². The lowest BCUT2D eigenvalue weighted by Crippen LogP contribution is -2.32. The van der Waals surface area contributed by atoms with Gasteiger partial charge in [-0.3, -0.25) is 4.79 Å². The Kier molecular flexibility index (Phi) is 6.50. The molecule has 0 aliphatic rings. The van der Waals surface area contributed by atoms with Crippen LogP contribution < -0.4 is 10.5 Å². The number of hydrogen-bond acceptors (Lipinski definition) is 4. The summed E-state index contributed by atoms with van der Waals surface area (Å²) < 4.78 is 5.50. The van der Waals surface area contributed by atoms with Crippen molar-refractivity contribution >= 4 is 17.7 Å². The third-order valence-corrected chi connectivity index (χ3v) is 3.23. The number of carboxylic acid groups (broad SMARTS) is 1. The number of carboxylic acids is 1. The first-order chi connectivity index (χ1) is 8.20. The van der Waals surface area contributed by atoms with E-state index in [1.54, 1.807) is 0 Å². The fourth-order valence-corrected chi connectivity index (χ4v) is 2.03. The minimum Gasteiger partial charge on any atom is -0.494 e. The van der Waals surface area contributed by atoms with Gasteiger partial charge < -0.3 is 15.6 Å². The Labute approximate surface area is 105 Å². The van der Waals surface area contributed by atoms with Crippen LogP contribution in [0.25, 0.3) is 0 Å². The smallest absolute Gasteiger partial charge is 0.321 e. The molecule has 0 fully saturated rings. The summed E-state index contributed by atoms with van der Waals surface area (Å²) in [6, 6.07) is 8.85. The van der Waals surface area contributed by atoms with Crippen molar-refractivity contribution in [2.75, 3.05) is 18.1 Å². The highest BCUT2D eigenvalue weighted by molar-refractivity contribution is 7.99. The van der Waals surface area contributed by atoms with E-state index in [-0.39, 0.29) is 0 Å². The summed E-state index contributed by atoms with van der Waals surface area (Å²) in [5, 5.41) is 8.57. The van der Waals surface area contributed by atoms with Gasteiger partial charge in [-0.2, -0.15) is 11.8 Å². The number of thioether (sulfide) groups is 1.